The molecule has 3 unspecified atom stereocenters. The summed E-state index contributed by atoms with van der Waals surface area (Å²) in [5.41, 5.74) is 0. The van der Waals surface area contributed by atoms with Gasteiger partial charge in [0, 0.05) is 31.6 Å². The highest BCUT2D eigenvalue weighted by atomic mass is 16.2. The normalized spacial score (nSPS) is 36.4. The highest BCUT2D eigenvalue weighted by molar-refractivity contribution is 5.76. The van der Waals surface area contributed by atoms with E-state index in [1.807, 2.05) is 11.9 Å². The Balaban J connectivity index is 1.51. The lowest BCUT2D eigenvalue weighted by Gasteiger charge is -2.31. The first-order valence-corrected chi connectivity index (χ1v) is 7.65. The molecule has 3 nitrogen and oxygen atoms in total. The van der Waals surface area contributed by atoms with E-state index in [4.69, 9.17) is 0 Å². The number of amides is 1. The fraction of sp³-hybridized carbons (Fsp3) is 0.933. The van der Waals surface area contributed by atoms with E-state index in [1.165, 1.54) is 38.5 Å². The van der Waals surface area contributed by atoms with Crippen molar-refractivity contribution in [3.05, 3.63) is 0 Å². The quantitative estimate of drug-likeness (QED) is 0.829. The van der Waals surface area contributed by atoms with Gasteiger partial charge in [-0.3, -0.25) is 4.79 Å². The molecule has 2 aliphatic heterocycles. The number of hydrogen-bond acceptors (Lipinski definition) is 2. The van der Waals surface area contributed by atoms with Crippen LogP contribution in [0.1, 0.15) is 51.9 Å². The molecule has 0 spiro atoms. The third-order valence-electron chi connectivity index (χ3n) is 5.34. The smallest absolute Gasteiger partial charge is 0.222 e. The number of fused-ring (bicyclic) bond motifs is 2. The van der Waals surface area contributed by atoms with Crippen LogP contribution >= 0.6 is 0 Å². The van der Waals surface area contributed by atoms with Crippen molar-refractivity contribution in [3.8, 4) is 0 Å². The van der Waals surface area contributed by atoms with E-state index in [9.17, 15) is 4.79 Å². The number of rotatable bonds is 4. The van der Waals surface area contributed by atoms with Crippen LogP contribution in [-0.2, 0) is 4.79 Å². The van der Waals surface area contributed by atoms with E-state index >= 15 is 0 Å². The molecule has 1 amide bonds. The van der Waals surface area contributed by atoms with Crippen LogP contribution in [0, 0.1) is 11.8 Å². The maximum absolute atomic E-state index is 12.3. The van der Waals surface area contributed by atoms with E-state index in [1.54, 1.807) is 0 Å². The summed E-state index contributed by atoms with van der Waals surface area (Å²) in [5.74, 6) is 1.79. The highest BCUT2D eigenvalue weighted by Gasteiger charge is 2.36. The molecule has 2 bridgehead atoms. The number of piperidine rings is 1. The monoisotopic (exact) mass is 250 g/mol. The SMILES string of the molecule is CC(C1CC1)N(C)C(=O)CC1CC2CCC(C1)N2. The topological polar surface area (TPSA) is 32.3 Å². The number of nitrogens with one attached hydrogen (secondary N) is 1. The zero-order valence-corrected chi connectivity index (χ0v) is 11.7. The van der Waals surface area contributed by atoms with Crippen LogP contribution in [0.2, 0.25) is 0 Å². The Morgan fingerprint density at radius 1 is 1.22 bits per heavy atom. The summed E-state index contributed by atoms with van der Waals surface area (Å²) in [6, 6.07) is 1.86. The fourth-order valence-corrected chi connectivity index (χ4v) is 3.85. The van der Waals surface area contributed by atoms with Gasteiger partial charge in [-0.1, -0.05) is 0 Å². The van der Waals surface area contributed by atoms with Crippen molar-refractivity contribution < 1.29 is 4.79 Å². The van der Waals surface area contributed by atoms with Crippen molar-refractivity contribution in [2.45, 2.75) is 70.0 Å². The van der Waals surface area contributed by atoms with Crippen LogP contribution < -0.4 is 5.32 Å². The van der Waals surface area contributed by atoms with Gasteiger partial charge in [-0.15, -0.1) is 0 Å². The van der Waals surface area contributed by atoms with Crippen molar-refractivity contribution in [2.75, 3.05) is 7.05 Å². The Labute approximate surface area is 110 Å². The van der Waals surface area contributed by atoms with Crippen molar-refractivity contribution in [1.29, 1.82) is 0 Å². The Morgan fingerprint density at radius 2 is 1.83 bits per heavy atom. The molecule has 18 heavy (non-hydrogen) atoms. The Bertz CT molecular complexity index is 314. The molecule has 1 saturated carbocycles. The Kier molecular flexibility index (Phi) is 3.35. The predicted octanol–water partition coefficient (Wildman–Crippen LogP) is 2.16. The van der Waals surface area contributed by atoms with E-state index in [0.717, 1.165) is 12.3 Å². The molecule has 2 saturated heterocycles. The molecule has 3 rings (SSSR count). The molecule has 3 atom stereocenters. The van der Waals surface area contributed by atoms with E-state index in [2.05, 4.69) is 12.2 Å². The first-order chi connectivity index (χ1) is 8.63. The third-order valence-corrected chi connectivity index (χ3v) is 5.34. The molecular weight excluding hydrogens is 224 g/mol. The van der Waals surface area contributed by atoms with Crippen molar-refractivity contribution in [2.24, 2.45) is 11.8 Å². The molecular formula is C15H26N2O. The highest BCUT2D eigenvalue weighted by Crippen LogP contribution is 2.36. The lowest BCUT2D eigenvalue weighted by Crippen LogP contribution is -2.41. The van der Waals surface area contributed by atoms with Gasteiger partial charge in [0.25, 0.3) is 0 Å². The van der Waals surface area contributed by atoms with Crippen molar-refractivity contribution in [1.82, 2.24) is 10.2 Å². The zero-order valence-electron chi connectivity index (χ0n) is 11.7. The van der Waals surface area contributed by atoms with Crippen LogP contribution in [0.5, 0.6) is 0 Å². The van der Waals surface area contributed by atoms with Gasteiger partial charge in [-0.2, -0.15) is 0 Å². The first-order valence-electron chi connectivity index (χ1n) is 7.65. The summed E-state index contributed by atoms with van der Waals surface area (Å²) >= 11 is 0. The minimum absolute atomic E-state index is 0.376. The summed E-state index contributed by atoms with van der Waals surface area (Å²) < 4.78 is 0. The van der Waals surface area contributed by atoms with Gasteiger partial charge in [0.15, 0.2) is 0 Å². The van der Waals surface area contributed by atoms with Gasteiger partial charge in [0.05, 0.1) is 0 Å². The summed E-state index contributed by atoms with van der Waals surface area (Å²) in [7, 11) is 2.00. The number of nitrogens with zero attached hydrogens (tertiary/aromatic N) is 1. The lowest BCUT2D eigenvalue weighted by atomic mass is 9.89. The largest absolute Gasteiger partial charge is 0.343 e. The zero-order chi connectivity index (χ0) is 12.7. The van der Waals surface area contributed by atoms with Crippen molar-refractivity contribution >= 4 is 5.91 Å². The molecule has 102 valence electrons. The van der Waals surface area contributed by atoms with Crippen LogP contribution in [0.25, 0.3) is 0 Å². The standard InChI is InChI=1S/C15H26N2O/c1-10(12-3-4-12)17(2)15(18)9-11-7-13-5-6-14(8-11)16-13/h10-14,16H,3-9H2,1-2H3. The van der Waals surface area contributed by atoms with Crippen LogP contribution in [0.4, 0.5) is 0 Å². The number of hydrogen-bond donors (Lipinski definition) is 1. The van der Waals surface area contributed by atoms with E-state index < -0.39 is 0 Å². The summed E-state index contributed by atoms with van der Waals surface area (Å²) in [5, 5.41) is 3.65. The lowest BCUT2D eigenvalue weighted by molar-refractivity contribution is -0.133. The third kappa shape index (κ3) is 2.56. The second-order valence-electron chi connectivity index (χ2n) is 6.76. The van der Waals surface area contributed by atoms with Crippen LogP contribution in [0.15, 0.2) is 0 Å². The molecule has 3 heteroatoms. The molecule has 3 aliphatic rings. The predicted molar refractivity (Wildman–Crippen MR) is 72.2 cm³/mol. The van der Waals surface area contributed by atoms with Gasteiger partial charge in [-0.25, -0.2) is 0 Å². The van der Waals surface area contributed by atoms with E-state index in [0.29, 0.717) is 30.0 Å². The first kappa shape index (κ1) is 12.5. The molecule has 3 fully saturated rings. The maximum Gasteiger partial charge on any atom is 0.222 e. The summed E-state index contributed by atoms with van der Waals surface area (Å²) in [6.45, 7) is 2.21. The Hall–Kier alpha value is -0.570. The molecule has 1 aliphatic carbocycles. The molecule has 2 heterocycles. The molecule has 0 aromatic rings. The van der Waals surface area contributed by atoms with Gasteiger partial charge in [0.2, 0.25) is 5.91 Å². The maximum atomic E-state index is 12.3. The average molecular weight is 250 g/mol. The average Bonchev–Trinajstić information content (AvgIpc) is 3.14. The Morgan fingerprint density at radius 3 is 2.39 bits per heavy atom. The fourth-order valence-electron chi connectivity index (χ4n) is 3.85. The minimum atomic E-state index is 0.376. The number of carbonyl (C=O) groups excluding carboxylic acids is 1. The minimum Gasteiger partial charge on any atom is -0.343 e. The molecule has 0 aromatic heterocycles. The molecule has 1 N–H and O–H groups in total. The van der Waals surface area contributed by atoms with Crippen LogP contribution in [-0.4, -0.2) is 36.0 Å². The van der Waals surface area contributed by atoms with Gasteiger partial charge in [0.1, 0.15) is 0 Å². The second kappa shape index (κ2) is 4.84. The second-order valence-corrected chi connectivity index (χ2v) is 6.76. The van der Waals surface area contributed by atoms with Gasteiger partial charge < -0.3 is 10.2 Å². The van der Waals surface area contributed by atoms with Gasteiger partial charge in [-0.05, 0) is 57.3 Å². The molecule has 0 aromatic carbocycles. The summed E-state index contributed by atoms with van der Waals surface area (Å²) in [6.07, 6.45) is 8.49. The van der Waals surface area contributed by atoms with Crippen LogP contribution in [0.3, 0.4) is 0 Å². The molecule has 0 radical (unpaired) electrons. The summed E-state index contributed by atoms with van der Waals surface area (Å²) in [4.78, 5) is 14.3. The van der Waals surface area contributed by atoms with Crippen molar-refractivity contribution in [3.63, 3.8) is 0 Å². The van der Waals surface area contributed by atoms with Gasteiger partial charge >= 0.3 is 0 Å². The van der Waals surface area contributed by atoms with E-state index in [-0.39, 0.29) is 0 Å². The number of carbonyl (C=O) groups is 1.